The van der Waals surface area contributed by atoms with Gasteiger partial charge in [0.2, 0.25) is 5.91 Å². The molecule has 86 valence electrons. The zero-order valence-electron chi connectivity index (χ0n) is 9.61. The summed E-state index contributed by atoms with van der Waals surface area (Å²) in [6.45, 7) is 1.98. The van der Waals surface area contributed by atoms with Crippen LogP contribution in [0.15, 0.2) is 0 Å². The summed E-state index contributed by atoms with van der Waals surface area (Å²) in [5.41, 5.74) is 4.08. The third kappa shape index (κ3) is 2.16. The van der Waals surface area contributed by atoms with E-state index in [4.69, 9.17) is 0 Å². The molecule has 2 aliphatic rings. The first-order valence-electron chi connectivity index (χ1n) is 6.04. The van der Waals surface area contributed by atoms with Gasteiger partial charge in [-0.05, 0) is 39.3 Å². The number of hydrogen-bond donors (Lipinski definition) is 1. The Morgan fingerprint density at radius 1 is 1.20 bits per heavy atom. The van der Waals surface area contributed by atoms with Crippen LogP contribution in [0.4, 0.5) is 0 Å². The third-order valence-corrected chi connectivity index (χ3v) is 3.72. The van der Waals surface area contributed by atoms with Crippen molar-refractivity contribution in [2.75, 3.05) is 20.1 Å². The number of nitrogens with zero attached hydrogens (tertiary/aromatic N) is 2. The van der Waals surface area contributed by atoms with Crippen molar-refractivity contribution in [3.05, 3.63) is 0 Å². The lowest BCUT2D eigenvalue weighted by atomic mass is 10.1. The van der Waals surface area contributed by atoms with Gasteiger partial charge in [0.25, 0.3) is 0 Å². The van der Waals surface area contributed by atoms with E-state index in [0.29, 0.717) is 5.91 Å². The molecule has 2 unspecified atom stereocenters. The zero-order valence-corrected chi connectivity index (χ0v) is 9.61. The minimum atomic E-state index is 0.132. The Morgan fingerprint density at radius 2 is 2.00 bits per heavy atom. The Labute approximate surface area is 91.4 Å². The predicted molar refractivity (Wildman–Crippen MR) is 57.9 cm³/mol. The van der Waals surface area contributed by atoms with Gasteiger partial charge in [-0.25, -0.2) is 0 Å². The van der Waals surface area contributed by atoms with Crippen molar-refractivity contribution in [1.29, 1.82) is 0 Å². The molecule has 0 aromatic rings. The highest BCUT2D eigenvalue weighted by Gasteiger charge is 2.35. The fraction of sp³-hybridized carbons (Fsp3) is 0.909. The summed E-state index contributed by atoms with van der Waals surface area (Å²) in [5.74, 6) is 0.315. The topological polar surface area (TPSA) is 51.2 Å². The second kappa shape index (κ2) is 4.49. The first kappa shape index (κ1) is 10.9. The van der Waals surface area contributed by atoms with Crippen LogP contribution in [0.2, 0.25) is 0 Å². The van der Waals surface area contributed by atoms with Gasteiger partial charge in [0.15, 0.2) is 6.17 Å². The maximum absolute atomic E-state index is 12.3. The lowest BCUT2D eigenvalue weighted by Crippen LogP contribution is -2.72. The number of carbonyl (C=O) groups is 1. The summed E-state index contributed by atoms with van der Waals surface area (Å²) in [6, 6.07) is 0.132. The van der Waals surface area contributed by atoms with E-state index in [2.05, 4.69) is 17.7 Å². The first-order valence-corrected chi connectivity index (χ1v) is 6.04. The number of piperidine rings is 1. The van der Waals surface area contributed by atoms with Crippen LogP contribution in [0.3, 0.4) is 0 Å². The minimum Gasteiger partial charge on any atom is -0.338 e. The Kier molecular flexibility index (Phi) is 3.26. The molecule has 3 N–H and O–H groups in total. The minimum absolute atomic E-state index is 0.132. The summed E-state index contributed by atoms with van der Waals surface area (Å²) in [7, 11) is 2.05. The average molecular weight is 212 g/mol. The Hall–Kier alpha value is -0.610. The van der Waals surface area contributed by atoms with Crippen LogP contribution in [0.1, 0.15) is 32.1 Å². The number of likely N-dealkylation sites (tertiary alicyclic amines) is 2. The molecular weight excluding hydrogens is 190 g/mol. The predicted octanol–water partition coefficient (Wildman–Crippen LogP) is -0.339. The van der Waals surface area contributed by atoms with Crippen molar-refractivity contribution in [3.63, 3.8) is 0 Å². The van der Waals surface area contributed by atoms with Crippen molar-refractivity contribution in [2.45, 2.75) is 44.3 Å². The molecule has 2 aliphatic heterocycles. The fourth-order valence-electron chi connectivity index (χ4n) is 2.70. The smallest absolute Gasteiger partial charge is 0.244 e. The zero-order chi connectivity index (χ0) is 10.8. The first-order chi connectivity index (χ1) is 7.20. The number of carbonyl (C=O) groups excluding carboxylic acids is 1. The normalized spacial score (nSPS) is 33.3. The van der Waals surface area contributed by atoms with Gasteiger partial charge in [0.05, 0.1) is 6.04 Å². The van der Waals surface area contributed by atoms with E-state index in [0.717, 1.165) is 38.8 Å². The SMILES string of the molecule is CN1CCCC1C(=O)N1CCCCC1[NH3+]. The van der Waals surface area contributed by atoms with Crippen LogP contribution < -0.4 is 5.73 Å². The second-order valence-electron chi connectivity index (χ2n) is 4.82. The van der Waals surface area contributed by atoms with Crippen molar-refractivity contribution in [1.82, 2.24) is 9.80 Å². The maximum Gasteiger partial charge on any atom is 0.244 e. The third-order valence-electron chi connectivity index (χ3n) is 3.72. The highest BCUT2D eigenvalue weighted by Crippen LogP contribution is 2.20. The summed E-state index contributed by atoms with van der Waals surface area (Å²) in [6.07, 6.45) is 5.83. The van der Waals surface area contributed by atoms with E-state index in [9.17, 15) is 4.79 Å². The van der Waals surface area contributed by atoms with E-state index in [1.165, 1.54) is 6.42 Å². The number of quaternary nitrogens is 1. The van der Waals surface area contributed by atoms with E-state index in [1.54, 1.807) is 0 Å². The summed E-state index contributed by atoms with van der Waals surface area (Å²) in [5, 5.41) is 0. The second-order valence-corrected chi connectivity index (χ2v) is 4.82. The van der Waals surface area contributed by atoms with Gasteiger partial charge in [-0.15, -0.1) is 0 Å². The summed E-state index contributed by atoms with van der Waals surface area (Å²) >= 11 is 0. The lowest BCUT2D eigenvalue weighted by molar-refractivity contribution is -0.457. The van der Waals surface area contributed by atoms with Gasteiger partial charge < -0.3 is 5.73 Å². The Bertz CT molecular complexity index is 244. The standard InChI is InChI=1S/C11H21N3O/c1-13-7-4-5-9(13)11(15)14-8-3-2-6-10(14)12/h9-10H,2-8,12H2,1H3/p+1. The van der Waals surface area contributed by atoms with E-state index >= 15 is 0 Å². The Morgan fingerprint density at radius 3 is 2.60 bits per heavy atom. The van der Waals surface area contributed by atoms with Crippen molar-refractivity contribution >= 4 is 5.91 Å². The molecule has 0 aliphatic carbocycles. The van der Waals surface area contributed by atoms with Crippen LogP contribution >= 0.6 is 0 Å². The van der Waals surface area contributed by atoms with Crippen LogP contribution in [-0.2, 0) is 4.79 Å². The van der Waals surface area contributed by atoms with E-state index in [-0.39, 0.29) is 12.2 Å². The molecule has 1 amide bonds. The number of likely N-dealkylation sites (N-methyl/N-ethyl adjacent to an activating group) is 1. The maximum atomic E-state index is 12.3. The van der Waals surface area contributed by atoms with E-state index in [1.807, 2.05) is 4.90 Å². The molecule has 4 nitrogen and oxygen atoms in total. The highest BCUT2D eigenvalue weighted by atomic mass is 16.2. The molecule has 2 atom stereocenters. The van der Waals surface area contributed by atoms with Gasteiger partial charge in [0.1, 0.15) is 0 Å². The molecule has 2 fully saturated rings. The van der Waals surface area contributed by atoms with Gasteiger partial charge in [-0.2, -0.15) is 0 Å². The molecule has 2 saturated heterocycles. The van der Waals surface area contributed by atoms with Gasteiger partial charge in [0, 0.05) is 13.0 Å². The average Bonchev–Trinajstić information content (AvgIpc) is 2.64. The van der Waals surface area contributed by atoms with Crippen molar-refractivity contribution < 1.29 is 10.5 Å². The molecule has 0 aromatic heterocycles. The molecular formula is C11H22N3O+. The molecule has 0 saturated carbocycles. The van der Waals surface area contributed by atoms with Crippen LogP contribution in [0.5, 0.6) is 0 Å². The number of hydrogen-bond acceptors (Lipinski definition) is 2. The molecule has 0 spiro atoms. The van der Waals surface area contributed by atoms with Crippen LogP contribution in [-0.4, -0.2) is 48.1 Å². The van der Waals surface area contributed by atoms with Gasteiger partial charge in [-0.1, -0.05) is 0 Å². The fourth-order valence-corrected chi connectivity index (χ4v) is 2.70. The largest absolute Gasteiger partial charge is 0.338 e. The molecule has 0 radical (unpaired) electrons. The monoisotopic (exact) mass is 212 g/mol. The summed E-state index contributed by atoms with van der Waals surface area (Å²) in [4.78, 5) is 16.4. The molecule has 2 rings (SSSR count). The molecule has 2 heterocycles. The highest BCUT2D eigenvalue weighted by molar-refractivity contribution is 5.82. The molecule has 0 bridgehead atoms. The number of rotatable bonds is 1. The van der Waals surface area contributed by atoms with Gasteiger partial charge in [-0.3, -0.25) is 14.6 Å². The van der Waals surface area contributed by atoms with Crippen LogP contribution in [0.25, 0.3) is 0 Å². The number of amides is 1. The molecule has 0 aromatic carbocycles. The molecule has 4 heteroatoms. The van der Waals surface area contributed by atoms with Crippen molar-refractivity contribution in [2.24, 2.45) is 0 Å². The van der Waals surface area contributed by atoms with E-state index < -0.39 is 0 Å². The quantitative estimate of drug-likeness (QED) is 0.646. The van der Waals surface area contributed by atoms with Crippen LogP contribution in [0, 0.1) is 0 Å². The van der Waals surface area contributed by atoms with Crippen molar-refractivity contribution in [3.8, 4) is 0 Å². The molecule has 15 heavy (non-hydrogen) atoms. The van der Waals surface area contributed by atoms with Gasteiger partial charge >= 0.3 is 0 Å². The lowest BCUT2D eigenvalue weighted by Gasteiger charge is -2.33. The Balaban J connectivity index is 1.99. The summed E-state index contributed by atoms with van der Waals surface area (Å²) < 4.78 is 0.